The molecule has 0 atom stereocenters. The Morgan fingerprint density at radius 1 is 1.20 bits per heavy atom. The van der Waals surface area contributed by atoms with E-state index in [1.54, 1.807) is 4.90 Å². The Labute approximate surface area is 116 Å². The molecule has 0 saturated heterocycles. The molecule has 0 aliphatic rings. The van der Waals surface area contributed by atoms with E-state index < -0.39 is 11.7 Å². The highest BCUT2D eigenvalue weighted by Gasteiger charge is 2.33. The molecular weight excluding hydrogens is 269 g/mol. The molecule has 2 N–H and O–H groups in total. The molecule has 0 radical (unpaired) electrons. The molecule has 0 fully saturated rings. The third-order valence-electron chi connectivity index (χ3n) is 2.88. The van der Waals surface area contributed by atoms with Gasteiger partial charge in [-0.25, -0.2) is 0 Å². The molecule has 0 unspecified atom stereocenters. The molecule has 0 spiro atoms. The van der Waals surface area contributed by atoms with Gasteiger partial charge in [0, 0.05) is 24.3 Å². The normalized spacial score (nSPS) is 11.4. The lowest BCUT2D eigenvalue weighted by Crippen LogP contribution is -2.32. The number of hydrogen-bond acceptors (Lipinski definition) is 2. The molecule has 0 heterocycles. The molecule has 0 aliphatic carbocycles. The summed E-state index contributed by atoms with van der Waals surface area (Å²) in [7, 11) is 0. The molecular formula is C14H19F3N2O. The zero-order valence-corrected chi connectivity index (χ0v) is 11.6. The van der Waals surface area contributed by atoms with Gasteiger partial charge in [0.25, 0.3) is 5.91 Å². The number of amides is 1. The van der Waals surface area contributed by atoms with Crippen molar-refractivity contribution in [2.45, 2.75) is 32.9 Å². The third-order valence-corrected chi connectivity index (χ3v) is 2.88. The van der Waals surface area contributed by atoms with E-state index in [0.717, 1.165) is 25.0 Å². The van der Waals surface area contributed by atoms with Crippen LogP contribution in [-0.2, 0) is 6.18 Å². The van der Waals surface area contributed by atoms with Gasteiger partial charge >= 0.3 is 6.18 Å². The number of nitrogens with zero attached hydrogens (tertiary/aromatic N) is 1. The minimum atomic E-state index is -4.55. The Hall–Kier alpha value is -1.72. The molecule has 20 heavy (non-hydrogen) atoms. The Balaban J connectivity index is 3.10. The molecule has 1 rings (SSSR count). The second-order valence-electron chi connectivity index (χ2n) is 4.59. The zero-order valence-electron chi connectivity index (χ0n) is 11.6. The average molecular weight is 288 g/mol. The molecule has 112 valence electrons. The zero-order chi connectivity index (χ0) is 15.3. The number of carbonyl (C=O) groups excluding carboxylic acids is 1. The van der Waals surface area contributed by atoms with Crippen LogP contribution in [0.15, 0.2) is 18.2 Å². The van der Waals surface area contributed by atoms with Gasteiger partial charge in [0.2, 0.25) is 0 Å². The summed E-state index contributed by atoms with van der Waals surface area (Å²) >= 11 is 0. The Kier molecular flexibility index (Phi) is 5.42. The summed E-state index contributed by atoms with van der Waals surface area (Å²) in [4.78, 5) is 13.8. The number of hydrogen-bond donors (Lipinski definition) is 1. The van der Waals surface area contributed by atoms with Crippen molar-refractivity contribution in [3.63, 3.8) is 0 Å². The number of nitrogens with two attached hydrogens (primary N) is 1. The van der Waals surface area contributed by atoms with Crippen LogP contribution >= 0.6 is 0 Å². The van der Waals surface area contributed by atoms with Crippen molar-refractivity contribution in [1.29, 1.82) is 0 Å². The highest BCUT2D eigenvalue weighted by molar-refractivity contribution is 5.95. The number of rotatable bonds is 5. The lowest BCUT2D eigenvalue weighted by Gasteiger charge is -2.22. The molecule has 0 saturated carbocycles. The Morgan fingerprint density at radius 3 is 2.20 bits per heavy atom. The molecule has 3 nitrogen and oxygen atoms in total. The Bertz CT molecular complexity index is 466. The number of nitrogen functional groups attached to an aromatic ring is 1. The first kappa shape index (κ1) is 16.3. The van der Waals surface area contributed by atoms with Crippen molar-refractivity contribution >= 4 is 11.6 Å². The van der Waals surface area contributed by atoms with Gasteiger partial charge in [-0.15, -0.1) is 0 Å². The SMILES string of the molecule is CCCN(CCC)C(=O)c1ccc(N)c(C(F)(F)F)c1. The molecule has 6 heteroatoms. The molecule has 0 bridgehead atoms. The van der Waals surface area contributed by atoms with Gasteiger partial charge in [0.15, 0.2) is 0 Å². The summed E-state index contributed by atoms with van der Waals surface area (Å²) in [6.07, 6.45) is -3.04. The largest absolute Gasteiger partial charge is 0.418 e. The summed E-state index contributed by atoms with van der Waals surface area (Å²) < 4.78 is 38.4. The van der Waals surface area contributed by atoms with Gasteiger partial charge < -0.3 is 10.6 Å². The van der Waals surface area contributed by atoms with Gasteiger partial charge in [-0.3, -0.25) is 4.79 Å². The van der Waals surface area contributed by atoms with Gasteiger partial charge in [-0.1, -0.05) is 13.8 Å². The fourth-order valence-electron chi connectivity index (χ4n) is 1.97. The van der Waals surface area contributed by atoms with Crippen LogP contribution in [0.2, 0.25) is 0 Å². The highest BCUT2D eigenvalue weighted by Crippen LogP contribution is 2.34. The van der Waals surface area contributed by atoms with Crippen molar-refractivity contribution in [3.05, 3.63) is 29.3 Å². The van der Waals surface area contributed by atoms with E-state index in [4.69, 9.17) is 5.73 Å². The molecule has 1 aromatic carbocycles. The van der Waals surface area contributed by atoms with Gasteiger partial charge in [-0.2, -0.15) is 13.2 Å². The van der Waals surface area contributed by atoms with E-state index in [0.29, 0.717) is 13.1 Å². The minimum Gasteiger partial charge on any atom is -0.398 e. The summed E-state index contributed by atoms with van der Waals surface area (Å²) in [5.41, 5.74) is 4.02. The van der Waals surface area contributed by atoms with Crippen molar-refractivity contribution < 1.29 is 18.0 Å². The van der Waals surface area contributed by atoms with Crippen molar-refractivity contribution in [2.24, 2.45) is 0 Å². The van der Waals surface area contributed by atoms with Crippen molar-refractivity contribution in [3.8, 4) is 0 Å². The predicted octanol–water partition coefficient (Wildman–Crippen LogP) is 3.55. The van der Waals surface area contributed by atoms with Crippen LogP contribution in [0.25, 0.3) is 0 Å². The van der Waals surface area contributed by atoms with Crippen LogP contribution < -0.4 is 5.73 Å². The summed E-state index contributed by atoms with van der Waals surface area (Å²) in [5.74, 6) is -0.390. The topological polar surface area (TPSA) is 46.3 Å². The monoisotopic (exact) mass is 288 g/mol. The summed E-state index contributed by atoms with van der Waals surface area (Å²) in [6.45, 7) is 4.89. The average Bonchev–Trinajstić information content (AvgIpc) is 2.37. The molecule has 1 aromatic rings. The van der Waals surface area contributed by atoms with Crippen LogP contribution in [0.3, 0.4) is 0 Å². The van der Waals surface area contributed by atoms with E-state index in [-0.39, 0.29) is 17.2 Å². The summed E-state index contributed by atoms with van der Waals surface area (Å²) in [5, 5.41) is 0. The summed E-state index contributed by atoms with van der Waals surface area (Å²) in [6, 6.07) is 3.30. The van der Waals surface area contributed by atoms with E-state index in [9.17, 15) is 18.0 Å². The van der Waals surface area contributed by atoms with E-state index >= 15 is 0 Å². The van der Waals surface area contributed by atoms with Crippen molar-refractivity contribution in [2.75, 3.05) is 18.8 Å². The lowest BCUT2D eigenvalue weighted by atomic mass is 10.1. The number of alkyl halides is 3. The number of halogens is 3. The molecule has 1 amide bonds. The van der Waals surface area contributed by atoms with Gasteiger partial charge in [0.1, 0.15) is 0 Å². The van der Waals surface area contributed by atoms with Gasteiger partial charge in [-0.05, 0) is 31.0 Å². The van der Waals surface area contributed by atoms with E-state index in [1.807, 2.05) is 13.8 Å². The predicted molar refractivity (Wildman–Crippen MR) is 72.3 cm³/mol. The first-order chi connectivity index (χ1) is 9.31. The second-order valence-corrected chi connectivity index (χ2v) is 4.59. The fraction of sp³-hybridized carbons (Fsp3) is 0.500. The van der Waals surface area contributed by atoms with Crippen LogP contribution in [0, 0.1) is 0 Å². The molecule has 0 aliphatic heterocycles. The maximum absolute atomic E-state index is 12.8. The third kappa shape index (κ3) is 3.88. The quantitative estimate of drug-likeness (QED) is 0.842. The number of anilines is 1. The van der Waals surface area contributed by atoms with Crippen molar-refractivity contribution in [1.82, 2.24) is 4.90 Å². The van der Waals surface area contributed by atoms with Crippen LogP contribution in [0.5, 0.6) is 0 Å². The standard InChI is InChI=1S/C14H19F3N2O/c1-3-7-19(8-4-2)13(20)10-5-6-12(18)11(9-10)14(15,16)17/h5-6,9H,3-4,7-8,18H2,1-2H3. The van der Waals surface area contributed by atoms with E-state index in [2.05, 4.69) is 0 Å². The van der Waals surface area contributed by atoms with Crippen LogP contribution in [0.1, 0.15) is 42.6 Å². The lowest BCUT2D eigenvalue weighted by molar-refractivity contribution is -0.136. The number of carbonyl (C=O) groups is 1. The highest BCUT2D eigenvalue weighted by atomic mass is 19.4. The van der Waals surface area contributed by atoms with E-state index in [1.165, 1.54) is 6.07 Å². The maximum atomic E-state index is 12.8. The number of benzene rings is 1. The van der Waals surface area contributed by atoms with Crippen LogP contribution in [-0.4, -0.2) is 23.9 Å². The molecule has 0 aromatic heterocycles. The van der Waals surface area contributed by atoms with Gasteiger partial charge in [0.05, 0.1) is 5.56 Å². The first-order valence-corrected chi connectivity index (χ1v) is 6.57. The minimum absolute atomic E-state index is 0.0217. The Morgan fingerprint density at radius 2 is 1.75 bits per heavy atom. The first-order valence-electron chi connectivity index (χ1n) is 6.57. The maximum Gasteiger partial charge on any atom is 0.418 e. The smallest absolute Gasteiger partial charge is 0.398 e. The van der Waals surface area contributed by atoms with Crippen LogP contribution in [0.4, 0.5) is 18.9 Å². The second kappa shape index (κ2) is 6.63. The fourth-order valence-corrected chi connectivity index (χ4v) is 1.97.